The first-order chi connectivity index (χ1) is 10.6. The average molecular weight is 294 g/mol. The van der Waals surface area contributed by atoms with Gasteiger partial charge in [0.2, 0.25) is 5.91 Å². The van der Waals surface area contributed by atoms with Crippen molar-refractivity contribution in [2.45, 2.75) is 26.3 Å². The Morgan fingerprint density at radius 1 is 1.18 bits per heavy atom. The monoisotopic (exact) mass is 294 g/mol. The topological polar surface area (TPSA) is 59.3 Å². The lowest BCUT2D eigenvalue weighted by Crippen LogP contribution is -2.29. The van der Waals surface area contributed by atoms with Crippen LogP contribution in [0.5, 0.6) is 0 Å². The summed E-state index contributed by atoms with van der Waals surface area (Å²) in [6.45, 7) is 3.93. The Hall–Kier alpha value is -2.69. The number of fused-ring (bicyclic) bond motifs is 1. The van der Waals surface area contributed by atoms with Gasteiger partial charge in [-0.05, 0) is 37.1 Å². The van der Waals surface area contributed by atoms with Crippen molar-refractivity contribution >= 4 is 11.6 Å². The molecule has 0 bridgehead atoms. The number of hydrogen-bond donors (Lipinski definition) is 1. The zero-order chi connectivity index (χ0) is 15.5. The van der Waals surface area contributed by atoms with Gasteiger partial charge in [0.05, 0.1) is 12.5 Å². The number of benzene rings is 1. The van der Waals surface area contributed by atoms with Gasteiger partial charge in [-0.15, -0.1) is 10.2 Å². The van der Waals surface area contributed by atoms with Crippen LogP contribution in [0.2, 0.25) is 0 Å². The molecule has 0 spiro atoms. The van der Waals surface area contributed by atoms with Crippen molar-refractivity contribution in [3.05, 3.63) is 65.6 Å². The highest BCUT2D eigenvalue weighted by atomic mass is 16.1. The molecule has 5 heteroatoms. The molecule has 1 atom stereocenters. The van der Waals surface area contributed by atoms with Crippen molar-refractivity contribution in [2.75, 3.05) is 0 Å². The summed E-state index contributed by atoms with van der Waals surface area (Å²) in [6.07, 6.45) is 2.27. The minimum absolute atomic E-state index is 0.0190. The largest absolute Gasteiger partial charge is 0.346 e. The number of carbonyl (C=O) groups excluding carboxylic acids is 1. The molecule has 0 fully saturated rings. The molecule has 1 N–H and O–H groups in total. The van der Waals surface area contributed by atoms with E-state index in [9.17, 15) is 4.79 Å². The molecular weight excluding hydrogens is 276 g/mol. The van der Waals surface area contributed by atoms with Crippen molar-refractivity contribution in [1.29, 1.82) is 0 Å². The number of aryl methyl sites for hydroxylation is 1. The molecule has 1 aromatic carbocycles. The first kappa shape index (κ1) is 14.3. The van der Waals surface area contributed by atoms with Crippen molar-refractivity contribution in [3.8, 4) is 0 Å². The van der Waals surface area contributed by atoms with Crippen LogP contribution in [0.3, 0.4) is 0 Å². The van der Waals surface area contributed by atoms with E-state index in [1.165, 1.54) is 0 Å². The Kier molecular flexibility index (Phi) is 3.87. The van der Waals surface area contributed by atoms with Gasteiger partial charge in [-0.3, -0.25) is 9.20 Å². The number of nitrogens with zero attached hydrogens (tertiary/aromatic N) is 3. The van der Waals surface area contributed by atoms with Gasteiger partial charge in [-0.1, -0.05) is 30.3 Å². The Morgan fingerprint density at radius 2 is 1.95 bits per heavy atom. The molecule has 1 unspecified atom stereocenters. The van der Waals surface area contributed by atoms with E-state index in [4.69, 9.17) is 0 Å². The van der Waals surface area contributed by atoms with E-state index in [2.05, 4.69) is 15.5 Å². The molecule has 3 aromatic rings. The number of rotatable bonds is 4. The van der Waals surface area contributed by atoms with E-state index in [1.807, 2.05) is 66.9 Å². The molecule has 0 aliphatic carbocycles. The fraction of sp³-hybridized carbons (Fsp3) is 0.235. The molecule has 22 heavy (non-hydrogen) atoms. The van der Waals surface area contributed by atoms with Gasteiger partial charge in [-0.2, -0.15) is 0 Å². The lowest BCUT2D eigenvalue weighted by Gasteiger charge is -2.13. The third-order valence-electron chi connectivity index (χ3n) is 3.72. The first-order valence-electron chi connectivity index (χ1n) is 7.28. The Balaban J connectivity index is 1.73. The Bertz CT molecular complexity index is 809. The van der Waals surface area contributed by atoms with Crippen molar-refractivity contribution in [1.82, 2.24) is 19.9 Å². The quantitative estimate of drug-likeness (QED) is 0.804. The molecule has 0 aliphatic heterocycles. The van der Waals surface area contributed by atoms with Gasteiger partial charge in [0.1, 0.15) is 0 Å². The van der Waals surface area contributed by atoms with Crippen LogP contribution < -0.4 is 5.32 Å². The maximum atomic E-state index is 12.2. The van der Waals surface area contributed by atoms with E-state index in [-0.39, 0.29) is 11.9 Å². The van der Waals surface area contributed by atoms with Crippen LogP contribution in [-0.2, 0) is 11.2 Å². The van der Waals surface area contributed by atoms with Crippen molar-refractivity contribution in [2.24, 2.45) is 0 Å². The number of amides is 1. The maximum absolute atomic E-state index is 12.2. The fourth-order valence-electron chi connectivity index (χ4n) is 2.49. The second kappa shape index (κ2) is 5.97. The molecule has 112 valence electrons. The highest BCUT2D eigenvalue weighted by Crippen LogP contribution is 2.13. The van der Waals surface area contributed by atoms with Crippen LogP contribution in [0.25, 0.3) is 5.65 Å². The van der Waals surface area contributed by atoms with Crippen molar-refractivity contribution in [3.63, 3.8) is 0 Å². The summed E-state index contributed by atoms with van der Waals surface area (Å²) in [5, 5.41) is 11.3. The summed E-state index contributed by atoms with van der Waals surface area (Å²) in [4.78, 5) is 12.2. The highest BCUT2D eigenvalue weighted by molar-refractivity contribution is 5.79. The van der Waals surface area contributed by atoms with E-state index in [1.54, 1.807) is 0 Å². The summed E-state index contributed by atoms with van der Waals surface area (Å²) >= 11 is 0. The SMILES string of the molecule is Cc1ccccc1CC(=O)NC(C)c1nnc2ccccn12. The van der Waals surface area contributed by atoms with Crippen LogP contribution in [0.15, 0.2) is 48.7 Å². The predicted molar refractivity (Wildman–Crippen MR) is 84.4 cm³/mol. The lowest BCUT2D eigenvalue weighted by molar-refractivity contribution is -0.121. The van der Waals surface area contributed by atoms with Crippen LogP contribution in [0.4, 0.5) is 0 Å². The van der Waals surface area contributed by atoms with Crippen LogP contribution >= 0.6 is 0 Å². The Labute approximate surface area is 129 Å². The average Bonchev–Trinajstić information content (AvgIpc) is 2.93. The van der Waals surface area contributed by atoms with Crippen LogP contribution in [0, 0.1) is 6.92 Å². The van der Waals surface area contributed by atoms with E-state index in [0.717, 1.165) is 22.6 Å². The van der Waals surface area contributed by atoms with Gasteiger partial charge >= 0.3 is 0 Å². The number of nitrogens with one attached hydrogen (secondary N) is 1. The highest BCUT2D eigenvalue weighted by Gasteiger charge is 2.16. The number of pyridine rings is 1. The van der Waals surface area contributed by atoms with Gasteiger partial charge < -0.3 is 5.32 Å². The van der Waals surface area contributed by atoms with Crippen LogP contribution in [-0.4, -0.2) is 20.5 Å². The molecule has 0 saturated heterocycles. The number of carbonyl (C=O) groups is 1. The minimum atomic E-state index is -0.200. The molecule has 0 aliphatic rings. The summed E-state index contributed by atoms with van der Waals surface area (Å²) in [5.74, 6) is 0.711. The summed E-state index contributed by atoms with van der Waals surface area (Å²) < 4.78 is 1.89. The lowest BCUT2D eigenvalue weighted by atomic mass is 10.1. The Morgan fingerprint density at radius 3 is 2.77 bits per heavy atom. The van der Waals surface area contributed by atoms with E-state index in [0.29, 0.717) is 6.42 Å². The number of aromatic nitrogens is 3. The molecule has 2 heterocycles. The molecule has 0 radical (unpaired) electrons. The van der Waals surface area contributed by atoms with E-state index >= 15 is 0 Å². The summed E-state index contributed by atoms with van der Waals surface area (Å²) in [6, 6.07) is 13.4. The molecule has 1 amide bonds. The molecule has 2 aromatic heterocycles. The van der Waals surface area contributed by atoms with Gasteiger partial charge in [0, 0.05) is 6.20 Å². The first-order valence-corrected chi connectivity index (χ1v) is 7.28. The molecule has 0 saturated carbocycles. The summed E-state index contributed by atoms with van der Waals surface area (Å²) in [5.41, 5.74) is 2.94. The molecular formula is C17H18N4O. The zero-order valence-electron chi connectivity index (χ0n) is 12.7. The number of hydrogen-bond acceptors (Lipinski definition) is 3. The summed E-state index contributed by atoms with van der Waals surface area (Å²) in [7, 11) is 0. The second-order valence-electron chi connectivity index (χ2n) is 5.38. The van der Waals surface area contributed by atoms with Crippen molar-refractivity contribution < 1.29 is 4.79 Å². The predicted octanol–water partition coefficient (Wildman–Crippen LogP) is 2.46. The zero-order valence-corrected chi connectivity index (χ0v) is 12.7. The molecule has 5 nitrogen and oxygen atoms in total. The normalized spacial score (nSPS) is 12.3. The smallest absolute Gasteiger partial charge is 0.225 e. The fourth-order valence-corrected chi connectivity index (χ4v) is 2.49. The van der Waals surface area contributed by atoms with Gasteiger partial charge in [-0.25, -0.2) is 0 Å². The third kappa shape index (κ3) is 2.83. The third-order valence-corrected chi connectivity index (χ3v) is 3.72. The maximum Gasteiger partial charge on any atom is 0.225 e. The van der Waals surface area contributed by atoms with Gasteiger partial charge in [0.25, 0.3) is 0 Å². The standard InChI is InChI=1S/C17H18N4O/c1-12-7-3-4-8-14(12)11-16(22)18-13(2)17-20-19-15-9-5-6-10-21(15)17/h3-10,13H,11H2,1-2H3,(H,18,22). The second-order valence-corrected chi connectivity index (χ2v) is 5.38. The van der Waals surface area contributed by atoms with Crippen LogP contribution in [0.1, 0.15) is 29.9 Å². The van der Waals surface area contributed by atoms with E-state index < -0.39 is 0 Å². The molecule has 3 rings (SSSR count). The van der Waals surface area contributed by atoms with Gasteiger partial charge in [0.15, 0.2) is 11.5 Å². The minimum Gasteiger partial charge on any atom is -0.346 e.